The lowest BCUT2D eigenvalue weighted by atomic mass is 10.1. The molecule has 0 aliphatic carbocycles. The number of aryl methyl sites for hydroxylation is 1. The molecule has 0 radical (unpaired) electrons. The van der Waals surface area contributed by atoms with Gasteiger partial charge in [0.25, 0.3) is 0 Å². The largest absolute Gasteiger partial charge is 0.481 e. The maximum absolute atomic E-state index is 10.5. The Balaban J connectivity index is 2.14. The SMILES string of the molecule is CCCCCCCCC/C=C/c1ccc(CCC(=O)O)cc1. The number of unbranched alkanes of at least 4 members (excludes halogenated alkanes) is 7. The van der Waals surface area contributed by atoms with Gasteiger partial charge in [-0.05, 0) is 30.4 Å². The van der Waals surface area contributed by atoms with Crippen molar-refractivity contribution in [1.29, 1.82) is 0 Å². The van der Waals surface area contributed by atoms with Crippen molar-refractivity contribution >= 4 is 12.0 Å². The second-order valence-electron chi connectivity index (χ2n) is 5.95. The molecule has 1 aromatic carbocycles. The van der Waals surface area contributed by atoms with Gasteiger partial charge in [-0.3, -0.25) is 4.79 Å². The standard InChI is InChI=1S/C20H30O2/c1-2-3-4-5-6-7-8-9-10-11-18-12-14-19(15-13-18)16-17-20(21)22/h10-15H,2-9,16-17H2,1H3,(H,21,22)/b11-10+. The van der Waals surface area contributed by atoms with Gasteiger partial charge in [0.05, 0.1) is 0 Å². The van der Waals surface area contributed by atoms with E-state index >= 15 is 0 Å². The van der Waals surface area contributed by atoms with Crippen LogP contribution in [0.3, 0.4) is 0 Å². The minimum atomic E-state index is -0.737. The fourth-order valence-electron chi connectivity index (χ4n) is 2.49. The monoisotopic (exact) mass is 302 g/mol. The average molecular weight is 302 g/mol. The third kappa shape index (κ3) is 9.38. The van der Waals surface area contributed by atoms with Crippen LogP contribution in [0.15, 0.2) is 30.3 Å². The minimum absolute atomic E-state index is 0.202. The first kappa shape index (κ1) is 18.5. The lowest BCUT2D eigenvalue weighted by Gasteiger charge is -2.00. The molecule has 0 heterocycles. The highest BCUT2D eigenvalue weighted by atomic mass is 16.4. The van der Waals surface area contributed by atoms with Gasteiger partial charge in [0.2, 0.25) is 0 Å². The van der Waals surface area contributed by atoms with Gasteiger partial charge in [0, 0.05) is 6.42 Å². The van der Waals surface area contributed by atoms with E-state index in [1.54, 1.807) is 0 Å². The van der Waals surface area contributed by atoms with E-state index in [2.05, 4.69) is 31.2 Å². The number of carboxylic acids is 1. The number of carboxylic acid groups (broad SMARTS) is 1. The Morgan fingerprint density at radius 3 is 2.27 bits per heavy atom. The lowest BCUT2D eigenvalue weighted by molar-refractivity contribution is -0.136. The van der Waals surface area contributed by atoms with Crippen LogP contribution in [-0.2, 0) is 11.2 Å². The molecule has 2 nitrogen and oxygen atoms in total. The zero-order chi connectivity index (χ0) is 16.0. The van der Waals surface area contributed by atoms with Gasteiger partial charge >= 0.3 is 5.97 Å². The Morgan fingerprint density at radius 1 is 1.00 bits per heavy atom. The Hall–Kier alpha value is -1.57. The van der Waals surface area contributed by atoms with E-state index in [1.165, 1.54) is 50.5 Å². The summed E-state index contributed by atoms with van der Waals surface area (Å²) in [6, 6.07) is 8.18. The minimum Gasteiger partial charge on any atom is -0.481 e. The topological polar surface area (TPSA) is 37.3 Å². The van der Waals surface area contributed by atoms with E-state index in [0.29, 0.717) is 6.42 Å². The molecule has 0 bridgehead atoms. The van der Waals surface area contributed by atoms with Gasteiger partial charge in [-0.2, -0.15) is 0 Å². The number of rotatable bonds is 12. The molecule has 1 N–H and O–H groups in total. The van der Waals surface area contributed by atoms with Crippen molar-refractivity contribution < 1.29 is 9.90 Å². The van der Waals surface area contributed by atoms with Crippen LogP contribution in [0.4, 0.5) is 0 Å². The predicted molar refractivity (Wildman–Crippen MR) is 94.0 cm³/mol. The molecule has 2 heteroatoms. The molecule has 0 aromatic heterocycles. The predicted octanol–water partition coefficient (Wildman–Crippen LogP) is 5.86. The molecule has 0 aliphatic rings. The maximum atomic E-state index is 10.5. The van der Waals surface area contributed by atoms with Crippen LogP contribution in [-0.4, -0.2) is 11.1 Å². The summed E-state index contributed by atoms with van der Waals surface area (Å²) in [4.78, 5) is 10.5. The highest BCUT2D eigenvalue weighted by Crippen LogP contribution is 2.11. The van der Waals surface area contributed by atoms with Gasteiger partial charge in [0.15, 0.2) is 0 Å². The smallest absolute Gasteiger partial charge is 0.303 e. The lowest BCUT2D eigenvalue weighted by Crippen LogP contribution is -1.97. The first-order valence-corrected chi connectivity index (χ1v) is 8.69. The molecule has 0 fully saturated rings. The van der Waals surface area contributed by atoms with Crippen molar-refractivity contribution in [3.8, 4) is 0 Å². The molecule has 22 heavy (non-hydrogen) atoms. The number of aliphatic carboxylic acids is 1. The molecule has 0 saturated carbocycles. The summed E-state index contributed by atoms with van der Waals surface area (Å²) in [6.45, 7) is 2.25. The number of hydrogen-bond acceptors (Lipinski definition) is 1. The second-order valence-corrected chi connectivity index (χ2v) is 5.95. The molecule has 0 saturated heterocycles. The fraction of sp³-hybridized carbons (Fsp3) is 0.550. The third-order valence-electron chi connectivity index (χ3n) is 3.89. The van der Waals surface area contributed by atoms with E-state index in [9.17, 15) is 4.79 Å². The summed E-state index contributed by atoms with van der Waals surface area (Å²) >= 11 is 0. The van der Waals surface area contributed by atoms with Crippen LogP contribution < -0.4 is 0 Å². The number of allylic oxidation sites excluding steroid dienone is 1. The molecule has 0 amide bonds. The fourth-order valence-corrected chi connectivity index (χ4v) is 2.49. The van der Waals surface area contributed by atoms with E-state index in [-0.39, 0.29) is 6.42 Å². The maximum Gasteiger partial charge on any atom is 0.303 e. The van der Waals surface area contributed by atoms with E-state index < -0.39 is 5.97 Å². The summed E-state index contributed by atoms with van der Waals surface area (Å²) in [5, 5.41) is 8.67. The van der Waals surface area contributed by atoms with E-state index in [4.69, 9.17) is 5.11 Å². The zero-order valence-electron chi connectivity index (χ0n) is 13.9. The summed E-state index contributed by atoms with van der Waals surface area (Å²) in [5.41, 5.74) is 2.29. The van der Waals surface area contributed by atoms with Gasteiger partial charge in [-0.1, -0.05) is 81.9 Å². The van der Waals surface area contributed by atoms with Crippen LogP contribution in [0.5, 0.6) is 0 Å². The molecular formula is C20H30O2. The Morgan fingerprint density at radius 2 is 1.64 bits per heavy atom. The molecular weight excluding hydrogens is 272 g/mol. The van der Waals surface area contributed by atoms with Gasteiger partial charge in [-0.25, -0.2) is 0 Å². The number of benzene rings is 1. The van der Waals surface area contributed by atoms with Crippen molar-refractivity contribution in [1.82, 2.24) is 0 Å². The van der Waals surface area contributed by atoms with Crippen molar-refractivity contribution in [2.45, 2.75) is 71.1 Å². The normalized spacial score (nSPS) is 11.1. The Kier molecular flexibility index (Phi) is 10.1. The van der Waals surface area contributed by atoms with Crippen LogP contribution in [0.2, 0.25) is 0 Å². The Labute approximate surface area is 135 Å². The average Bonchev–Trinajstić information content (AvgIpc) is 2.52. The summed E-state index contributed by atoms with van der Waals surface area (Å²) in [6.07, 6.45) is 15.8. The van der Waals surface area contributed by atoms with Gasteiger partial charge in [0.1, 0.15) is 0 Å². The van der Waals surface area contributed by atoms with Gasteiger partial charge < -0.3 is 5.11 Å². The van der Waals surface area contributed by atoms with Crippen LogP contribution >= 0.6 is 0 Å². The number of hydrogen-bond donors (Lipinski definition) is 1. The zero-order valence-corrected chi connectivity index (χ0v) is 13.9. The van der Waals surface area contributed by atoms with Crippen LogP contribution in [0, 0.1) is 0 Å². The molecule has 0 aliphatic heterocycles. The van der Waals surface area contributed by atoms with Gasteiger partial charge in [-0.15, -0.1) is 0 Å². The first-order valence-electron chi connectivity index (χ1n) is 8.69. The third-order valence-corrected chi connectivity index (χ3v) is 3.89. The van der Waals surface area contributed by atoms with Crippen LogP contribution in [0.1, 0.15) is 75.8 Å². The summed E-state index contributed by atoms with van der Waals surface area (Å²) in [5.74, 6) is -0.737. The molecule has 0 unspecified atom stereocenters. The van der Waals surface area contributed by atoms with E-state index in [1.807, 2.05) is 12.1 Å². The molecule has 1 aromatic rings. The van der Waals surface area contributed by atoms with Crippen LogP contribution in [0.25, 0.3) is 6.08 Å². The Bertz CT molecular complexity index is 432. The highest BCUT2D eigenvalue weighted by Gasteiger charge is 1.98. The second kappa shape index (κ2) is 12.0. The first-order chi connectivity index (χ1) is 10.7. The quantitative estimate of drug-likeness (QED) is 0.491. The summed E-state index contributed by atoms with van der Waals surface area (Å²) in [7, 11) is 0. The van der Waals surface area contributed by atoms with Crippen molar-refractivity contribution in [3.63, 3.8) is 0 Å². The summed E-state index contributed by atoms with van der Waals surface area (Å²) < 4.78 is 0. The van der Waals surface area contributed by atoms with E-state index in [0.717, 1.165) is 12.0 Å². The number of carbonyl (C=O) groups is 1. The highest BCUT2D eigenvalue weighted by molar-refractivity contribution is 5.67. The molecule has 0 atom stereocenters. The van der Waals surface area contributed by atoms with Crippen molar-refractivity contribution in [2.75, 3.05) is 0 Å². The molecule has 0 spiro atoms. The van der Waals surface area contributed by atoms with Crippen molar-refractivity contribution in [2.24, 2.45) is 0 Å². The molecule has 1 rings (SSSR count). The molecule has 122 valence electrons. The van der Waals surface area contributed by atoms with Crippen molar-refractivity contribution in [3.05, 3.63) is 41.5 Å².